The third-order valence-electron chi connectivity index (χ3n) is 2.59. The standard InChI is InChI=1S/C17H13ClO/c18-16-12-6-5-11-15(16)17(19)13-7-4-10-14-8-2-1-3-9-14/h1-13H/b10-4+,13-7+. The highest BCUT2D eigenvalue weighted by Gasteiger charge is 2.04. The largest absolute Gasteiger partial charge is 0.289 e. The fourth-order valence-electron chi connectivity index (χ4n) is 1.62. The van der Waals surface area contributed by atoms with E-state index in [9.17, 15) is 4.79 Å². The average Bonchev–Trinajstić information content (AvgIpc) is 2.45. The van der Waals surface area contributed by atoms with Gasteiger partial charge >= 0.3 is 0 Å². The maximum Gasteiger partial charge on any atom is 0.187 e. The Labute approximate surface area is 117 Å². The van der Waals surface area contributed by atoms with Crippen molar-refractivity contribution in [2.45, 2.75) is 0 Å². The zero-order valence-electron chi connectivity index (χ0n) is 10.3. The molecular weight excluding hydrogens is 256 g/mol. The molecule has 0 aliphatic carbocycles. The van der Waals surface area contributed by atoms with Crippen molar-refractivity contribution >= 4 is 23.5 Å². The van der Waals surface area contributed by atoms with Crippen molar-refractivity contribution in [1.29, 1.82) is 0 Å². The molecule has 1 nitrogen and oxygen atoms in total. The molecule has 0 aliphatic heterocycles. The first-order valence-electron chi connectivity index (χ1n) is 5.96. The number of carbonyl (C=O) groups excluding carboxylic acids is 1. The van der Waals surface area contributed by atoms with E-state index in [4.69, 9.17) is 11.6 Å². The van der Waals surface area contributed by atoms with E-state index < -0.39 is 0 Å². The highest BCUT2D eigenvalue weighted by molar-refractivity contribution is 6.34. The van der Waals surface area contributed by atoms with Crippen LogP contribution in [-0.4, -0.2) is 5.78 Å². The lowest BCUT2D eigenvalue weighted by atomic mass is 10.1. The molecule has 0 fully saturated rings. The Morgan fingerprint density at radius 2 is 1.58 bits per heavy atom. The Morgan fingerprint density at radius 1 is 0.895 bits per heavy atom. The number of carbonyl (C=O) groups is 1. The van der Waals surface area contributed by atoms with Crippen LogP contribution in [0, 0.1) is 0 Å². The molecule has 0 atom stereocenters. The molecule has 0 amide bonds. The topological polar surface area (TPSA) is 17.1 Å². The third kappa shape index (κ3) is 3.94. The maximum absolute atomic E-state index is 11.9. The van der Waals surface area contributed by atoms with E-state index >= 15 is 0 Å². The van der Waals surface area contributed by atoms with Crippen molar-refractivity contribution in [3.05, 3.63) is 89.0 Å². The summed E-state index contributed by atoms with van der Waals surface area (Å²) in [5.74, 6) is -0.0942. The normalized spacial score (nSPS) is 11.2. The van der Waals surface area contributed by atoms with Crippen LogP contribution in [0.5, 0.6) is 0 Å². The number of hydrogen-bond donors (Lipinski definition) is 0. The number of allylic oxidation sites excluding steroid dienone is 3. The number of hydrogen-bond acceptors (Lipinski definition) is 1. The molecule has 0 radical (unpaired) electrons. The molecule has 0 spiro atoms. The van der Waals surface area contributed by atoms with Crippen LogP contribution in [0.15, 0.2) is 72.8 Å². The first-order valence-corrected chi connectivity index (χ1v) is 6.34. The minimum atomic E-state index is -0.0942. The summed E-state index contributed by atoms with van der Waals surface area (Å²) in [6, 6.07) is 16.9. The van der Waals surface area contributed by atoms with Gasteiger partial charge in [-0.25, -0.2) is 0 Å². The van der Waals surface area contributed by atoms with E-state index in [0.717, 1.165) is 5.56 Å². The van der Waals surface area contributed by atoms with Crippen molar-refractivity contribution in [3.8, 4) is 0 Å². The van der Waals surface area contributed by atoms with Gasteiger partial charge in [0, 0.05) is 5.56 Å². The Hall–Kier alpha value is -2.12. The molecule has 2 rings (SSSR count). The lowest BCUT2D eigenvalue weighted by Gasteiger charge is -1.97. The van der Waals surface area contributed by atoms with Gasteiger partial charge in [-0.1, -0.05) is 72.3 Å². The van der Waals surface area contributed by atoms with Gasteiger partial charge in [0.2, 0.25) is 0 Å². The minimum Gasteiger partial charge on any atom is -0.289 e. The van der Waals surface area contributed by atoms with Crippen LogP contribution in [0.3, 0.4) is 0 Å². The van der Waals surface area contributed by atoms with E-state index in [-0.39, 0.29) is 5.78 Å². The molecule has 2 aromatic rings. The first kappa shape index (κ1) is 13.3. The van der Waals surface area contributed by atoms with Gasteiger partial charge in [0.25, 0.3) is 0 Å². The molecule has 0 saturated carbocycles. The SMILES string of the molecule is O=C(/C=C/C=C/c1ccccc1)c1ccccc1Cl. The third-order valence-corrected chi connectivity index (χ3v) is 2.92. The molecular formula is C17H13ClO. The van der Waals surface area contributed by atoms with Gasteiger partial charge in [0.1, 0.15) is 0 Å². The molecule has 0 aromatic heterocycles. The first-order chi connectivity index (χ1) is 9.27. The van der Waals surface area contributed by atoms with Gasteiger partial charge < -0.3 is 0 Å². The molecule has 0 aliphatic rings. The van der Waals surface area contributed by atoms with E-state index in [2.05, 4.69) is 0 Å². The van der Waals surface area contributed by atoms with Crippen LogP contribution in [0.25, 0.3) is 6.08 Å². The van der Waals surface area contributed by atoms with Crippen LogP contribution in [-0.2, 0) is 0 Å². The quantitative estimate of drug-likeness (QED) is 0.443. The van der Waals surface area contributed by atoms with Crippen LogP contribution in [0.4, 0.5) is 0 Å². The van der Waals surface area contributed by atoms with Crippen molar-refractivity contribution in [3.63, 3.8) is 0 Å². The molecule has 2 aromatic carbocycles. The highest BCUT2D eigenvalue weighted by atomic mass is 35.5. The summed E-state index contributed by atoms with van der Waals surface area (Å²) in [6.07, 6.45) is 7.01. The number of rotatable bonds is 4. The van der Waals surface area contributed by atoms with E-state index in [0.29, 0.717) is 10.6 Å². The fourth-order valence-corrected chi connectivity index (χ4v) is 1.85. The Bertz CT molecular complexity index is 612. The molecule has 19 heavy (non-hydrogen) atoms. The summed E-state index contributed by atoms with van der Waals surface area (Å²) in [6.45, 7) is 0. The summed E-state index contributed by atoms with van der Waals surface area (Å²) < 4.78 is 0. The predicted octanol–water partition coefficient (Wildman–Crippen LogP) is 4.79. The second-order valence-electron chi connectivity index (χ2n) is 3.97. The lowest BCUT2D eigenvalue weighted by molar-refractivity contribution is 0.104. The van der Waals surface area contributed by atoms with Gasteiger partial charge in [0.05, 0.1) is 5.02 Å². The molecule has 0 N–H and O–H groups in total. The van der Waals surface area contributed by atoms with Crippen LogP contribution in [0.1, 0.15) is 15.9 Å². The average molecular weight is 269 g/mol. The van der Waals surface area contributed by atoms with Crippen LogP contribution < -0.4 is 0 Å². The molecule has 0 saturated heterocycles. The second-order valence-corrected chi connectivity index (χ2v) is 4.38. The molecule has 0 bridgehead atoms. The lowest BCUT2D eigenvalue weighted by Crippen LogP contribution is -1.94. The Balaban J connectivity index is 2.02. The van der Waals surface area contributed by atoms with E-state index in [1.807, 2.05) is 42.5 Å². The predicted molar refractivity (Wildman–Crippen MR) is 80.4 cm³/mol. The Kier molecular flexibility index (Phi) is 4.71. The molecule has 2 heteroatoms. The summed E-state index contributed by atoms with van der Waals surface area (Å²) >= 11 is 5.96. The van der Waals surface area contributed by atoms with Crippen molar-refractivity contribution in [2.24, 2.45) is 0 Å². The van der Waals surface area contributed by atoms with Gasteiger partial charge in [-0.15, -0.1) is 0 Å². The molecule has 0 unspecified atom stereocenters. The number of benzene rings is 2. The van der Waals surface area contributed by atoms with Crippen molar-refractivity contribution in [2.75, 3.05) is 0 Å². The highest BCUT2D eigenvalue weighted by Crippen LogP contribution is 2.15. The molecule has 0 heterocycles. The van der Waals surface area contributed by atoms with Crippen molar-refractivity contribution in [1.82, 2.24) is 0 Å². The second kappa shape index (κ2) is 6.72. The fraction of sp³-hybridized carbons (Fsp3) is 0. The summed E-state index contributed by atoms with van der Waals surface area (Å²) in [5.41, 5.74) is 1.62. The Morgan fingerprint density at radius 3 is 2.32 bits per heavy atom. The zero-order chi connectivity index (χ0) is 13.5. The molecule has 94 valence electrons. The van der Waals surface area contributed by atoms with Gasteiger partial charge in [0.15, 0.2) is 5.78 Å². The number of halogens is 1. The van der Waals surface area contributed by atoms with Gasteiger partial charge in [-0.3, -0.25) is 4.79 Å². The van der Waals surface area contributed by atoms with E-state index in [1.54, 1.807) is 30.3 Å². The van der Waals surface area contributed by atoms with Crippen LogP contribution >= 0.6 is 11.6 Å². The number of ketones is 1. The van der Waals surface area contributed by atoms with Gasteiger partial charge in [-0.05, 0) is 23.8 Å². The monoisotopic (exact) mass is 268 g/mol. The van der Waals surface area contributed by atoms with Crippen LogP contribution in [0.2, 0.25) is 5.02 Å². The summed E-state index contributed by atoms with van der Waals surface area (Å²) in [4.78, 5) is 11.9. The van der Waals surface area contributed by atoms with Crippen molar-refractivity contribution < 1.29 is 4.79 Å². The minimum absolute atomic E-state index is 0.0942. The summed E-state index contributed by atoms with van der Waals surface area (Å²) in [7, 11) is 0. The smallest absolute Gasteiger partial charge is 0.187 e. The summed E-state index contributed by atoms with van der Waals surface area (Å²) in [5, 5.41) is 0.476. The van der Waals surface area contributed by atoms with E-state index in [1.165, 1.54) is 6.08 Å². The zero-order valence-corrected chi connectivity index (χ0v) is 11.0. The van der Waals surface area contributed by atoms with Gasteiger partial charge in [-0.2, -0.15) is 0 Å². The maximum atomic E-state index is 11.9.